The summed E-state index contributed by atoms with van der Waals surface area (Å²) < 4.78 is 0. The maximum atomic E-state index is 12.8. The minimum absolute atomic E-state index is 0.127. The Bertz CT molecular complexity index is 610. The van der Waals surface area contributed by atoms with Gasteiger partial charge in [0.15, 0.2) is 6.19 Å². The molecular formula is C17H22N4O2. The van der Waals surface area contributed by atoms with Crippen molar-refractivity contribution in [1.82, 2.24) is 14.7 Å². The number of piperazine rings is 2. The smallest absolute Gasteiger partial charge is 0.241 e. The fourth-order valence-corrected chi connectivity index (χ4v) is 3.40. The van der Waals surface area contributed by atoms with Gasteiger partial charge in [-0.3, -0.25) is 9.69 Å². The molecule has 1 aromatic rings. The molecule has 2 heterocycles. The second-order valence-corrected chi connectivity index (χ2v) is 6.37. The number of aromatic hydroxyl groups is 1. The van der Waals surface area contributed by atoms with Crippen LogP contribution >= 0.6 is 0 Å². The highest BCUT2D eigenvalue weighted by atomic mass is 16.3. The van der Waals surface area contributed by atoms with Crippen molar-refractivity contribution in [2.24, 2.45) is 0 Å². The Labute approximate surface area is 136 Å². The van der Waals surface area contributed by atoms with Crippen molar-refractivity contribution in [2.45, 2.75) is 18.9 Å². The van der Waals surface area contributed by atoms with E-state index in [0.29, 0.717) is 19.6 Å². The Morgan fingerprint density at radius 1 is 1.26 bits per heavy atom. The summed E-state index contributed by atoms with van der Waals surface area (Å²) in [6.45, 7) is 6.37. The molecule has 1 N–H and O–H groups in total. The first-order valence-corrected chi connectivity index (χ1v) is 8.05. The van der Waals surface area contributed by atoms with Gasteiger partial charge >= 0.3 is 0 Å². The Kier molecular flexibility index (Phi) is 4.39. The molecule has 0 spiro atoms. The Morgan fingerprint density at radius 2 is 1.96 bits per heavy atom. The van der Waals surface area contributed by atoms with E-state index < -0.39 is 0 Å². The van der Waals surface area contributed by atoms with Crippen LogP contribution in [0.25, 0.3) is 0 Å². The van der Waals surface area contributed by atoms with Gasteiger partial charge in [-0.25, -0.2) is 0 Å². The molecule has 1 unspecified atom stereocenters. The number of carbonyl (C=O) groups is 1. The molecule has 0 bridgehead atoms. The molecule has 1 amide bonds. The molecule has 1 aromatic carbocycles. The van der Waals surface area contributed by atoms with E-state index in [9.17, 15) is 9.90 Å². The standard InChI is InChI=1S/C17H22N4O2/c1-13(14-2-4-15(22)5-3-14)10-21-9-8-20-7-6-19(12-18)11-16(20)17(21)23/h2-5,13,16,22H,6-11H2,1H3/t13?,16-/m1/s1. The normalized spacial score (nSPS) is 23.3. The van der Waals surface area contributed by atoms with Crippen LogP contribution in [0, 0.1) is 11.5 Å². The molecule has 0 saturated carbocycles. The summed E-state index contributed by atoms with van der Waals surface area (Å²) in [5.74, 6) is 0.591. The number of nitrogens with zero attached hydrogens (tertiary/aromatic N) is 4. The van der Waals surface area contributed by atoms with Crippen LogP contribution in [0.2, 0.25) is 0 Å². The van der Waals surface area contributed by atoms with E-state index in [0.717, 1.165) is 25.2 Å². The predicted octanol–water partition coefficient (Wildman–Crippen LogP) is 0.805. The molecule has 0 aliphatic carbocycles. The van der Waals surface area contributed by atoms with Crippen LogP contribution in [0.5, 0.6) is 5.75 Å². The third kappa shape index (κ3) is 3.25. The quantitative estimate of drug-likeness (QED) is 0.836. The molecule has 2 fully saturated rings. The monoisotopic (exact) mass is 314 g/mol. The van der Waals surface area contributed by atoms with Crippen molar-refractivity contribution in [2.75, 3.05) is 39.3 Å². The van der Waals surface area contributed by atoms with Gasteiger partial charge < -0.3 is 14.9 Å². The van der Waals surface area contributed by atoms with Crippen LogP contribution < -0.4 is 0 Å². The summed E-state index contributed by atoms with van der Waals surface area (Å²) in [5, 5.41) is 18.4. The fraction of sp³-hybridized carbons (Fsp3) is 0.529. The van der Waals surface area contributed by atoms with Gasteiger partial charge in [-0.2, -0.15) is 5.26 Å². The second kappa shape index (κ2) is 6.47. The topological polar surface area (TPSA) is 70.8 Å². The first-order chi connectivity index (χ1) is 11.1. The second-order valence-electron chi connectivity index (χ2n) is 6.37. The lowest BCUT2D eigenvalue weighted by Crippen LogP contribution is -2.64. The van der Waals surface area contributed by atoms with E-state index in [1.54, 1.807) is 17.0 Å². The van der Waals surface area contributed by atoms with Gasteiger partial charge in [-0.15, -0.1) is 0 Å². The molecule has 2 atom stereocenters. The summed E-state index contributed by atoms with van der Waals surface area (Å²) in [6.07, 6.45) is 2.16. The van der Waals surface area contributed by atoms with E-state index in [1.807, 2.05) is 17.0 Å². The first kappa shape index (κ1) is 15.6. The molecule has 6 nitrogen and oxygen atoms in total. The zero-order chi connectivity index (χ0) is 16.4. The Morgan fingerprint density at radius 3 is 2.65 bits per heavy atom. The molecule has 122 valence electrons. The average molecular weight is 314 g/mol. The van der Waals surface area contributed by atoms with Gasteiger partial charge in [0.1, 0.15) is 11.8 Å². The first-order valence-electron chi connectivity index (χ1n) is 8.05. The van der Waals surface area contributed by atoms with Crippen LogP contribution in [0.15, 0.2) is 24.3 Å². The number of benzene rings is 1. The zero-order valence-electron chi connectivity index (χ0n) is 13.4. The van der Waals surface area contributed by atoms with Crippen molar-refractivity contribution in [3.05, 3.63) is 29.8 Å². The average Bonchev–Trinajstić information content (AvgIpc) is 2.57. The van der Waals surface area contributed by atoms with Crippen LogP contribution in [0.4, 0.5) is 0 Å². The van der Waals surface area contributed by atoms with Crippen molar-refractivity contribution in [1.29, 1.82) is 5.26 Å². The highest BCUT2D eigenvalue weighted by Gasteiger charge is 2.38. The van der Waals surface area contributed by atoms with Gasteiger partial charge in [-0.05, 0) is 23.6 Å². The van der Waals surface area contributed by atoms with Crippen LogP contribution in [-0.4, -0.2) is 71.0 Å². The molecule has 23 heavy (non-hydrogen) atoms. The lowest BCUT2D eigenvalue weighted by Gasteiger charge is -2.45. The molecule has 2 aliphatic rings. The number of amides is 1. The number of nitriles is 1. The number of rotatable bonds is 3. The molecule has 0 radical (unpaired) electrons. The number of phenolic OH excluding ortho intramolecular Hbond substituents is 1. The fourth-order valence-electron chi connectivity index (χ4n) is 3.40. The van der Waals surface area contributed by atoms with Gasteiger partial charge in [0.05, 0.1) is 6.54 Å². The van der Waals surface area contributed by atoms with E-state index in [2.05, 4.69) is 18.0 Å². The highest BCUT2D eigenvalue weighted by molar-refractivity contribution is 5.83. The minimum atomic E-state index is -0.191. The van der Waals surface area contributed by atoms with Gasteiger partial charge in [0.2, 0.25) is 5.91 Å². The van der Waals surface area contributed by atoms with Crippen molar-refractivity contribution in [3.63, 3.8) is 0 Å². The summed E-state index contributed by atoms with van der Waals surface area (Å²) in [5.41, 5.74) is 1.11. The SMILES string of the molecule is CC(CN1CCN2CCN(C#N)C[C@@H]2C1=O)c1ccc(O)cc1. The minimum Gasteiger partial charge on any atom is -0.508 e. The van der Waals surface area contributed by atoms with Crippen molar-refractivity contribution >= 4 is 5.91 Å². The summed E-state index contributed by atoms with van der Waals surface area (Å²) in [4.78, 5) is 18.5. The molecule has 6 heteroatoms. The number of hydrogen-bond acceptors (Lipinski definition) is 5. The van der Waals surface area contributed by atoms with Crippen molar-refractivity contribution in [3.8, 4) is 11.9 Å². The molecule has 3 rings (SSSR count). The van der Waals surface area contributed by atoms with E-state index in [4.69, 9.17) is 5.26 Å². The largest absolute Gasteiger partial charge is 0.508 e. The molecule has 2 aliphatic heterocycles. The number of fused-ring (bicyclic) bond motifs is 1. The highest BCUT2D eigenvalue weighted by Crippen LogP contribution is 2.22. The van der Waals surface area contributed by atoms with E-state index >= 15 is 0 Å². The van der Waals surface area contributed by atoms with E-state index in [1.165, 1.54) is 0 Å². The summed E-state index contributed by atoms with van der Waals surface area (Å²) >= 11 is 0. The molecule has 0 aromatic heterocycles. The van der Waals surface area contributed by atoms with Gasteiger partial charge in [0.25, 0.3) is 0 Å². The lowest BCUT2D eigenvalue weighted by atomic mass is 9.99. The Balaban J connectivity index is 1.65. The Hall–Kier alpha value is -2.26. The lowest BCUT2D eigenvalue weighted by molar-refractivity contribution is -0.144. The maximum absolute atomic E-state index is 12.8. The van der Waals surface area contributed by atoms with Crippen molar-refractivity contribution < 1.29 is 9.90 Å². The zero-order valence-corrected chi connectivity index (χ0v) is 13.4. The maximum Gasteiger partial charge on any atom is 0.241 e. The van der Waals surface area contributed by atoms with Gasteiger partial charge in [0, 0.05) is 32.7 Å². The molecular weight excluding hydrogens is 292 g/mol. The third-order valence-corrected chi connectivity index (χ3v) is 4.84. The third-order valence-electron chi connectivity index (χ3n) is 4.84. The predicted molar refractivity (Wildman–Crippen MR) is 85.6 cm³/mol. The van der Waals surface area contributed by atoms with Crippen LogP contribution in [-0.2, 0) is 4.79 Å². The van der Waals surface area contributed by atoms with Crippen LogP contribution in [0.1, 0.15) is 18.4 Å². The van der Waals surface area contributed by atoms with E-state index in [-0.39, 0.29) is 23.6 Å². The number of phenols is 1. The molecule has 2 saturated heterocycles. The number of carbonyl (C=O) groups excluding carboxylic acids is 1. The summed E-state index contributed by atoms with van der Waals surface area (Å²) in [7, 11) is 0. The van der Waals surface area contributed by atoms with Gasteiger partial charge in [-0.1, -0.05) is 19.1 Å². The number of hydrogen-bond donors (Lipinski definition) is 1. The summed E-state index contributed by atoms with van der Waals surface area (Å²) in [6, 6.07) is 6.97. The van der Waals surface area contributed by atoms with Crippen LogP contribution in [0.3, 0.4) is 0 Å².